The number of rotatable bonds is 4. The molecule has 0 N–H and O–H groups in total. The van der Waals surface area contributed by atoms with Crippen molar-refractivity contribution in [3.8, 4) is 0 Å². The highest BCUT2D eigenvalue weighted by Gasteiger charge is 2.33. The minimum Gasteiger partial charge on any atom is -0.268 e. The minimum absolute atomic E-state index is 0.0416. The van der Waals surface area contributed by atoms with E-state index in [0.717, 1.165) is 18.2 Å². The molecule has 1 amide bonds. The van der Waals surface area contributed by atoms with E-state index in [9.17, 15) is 14.9 Å². The summed E-state index contributed by atoms with van der Waals surface area (Å²) < 4.78 is 0.416. The van der Waals surface area contributed by atoms with Gasteiger partial charge >= 0.3 is 0 Å². The molecule has 0 bridgehead atoms. The monoisotopic (exact) mass is 370 g/mol. The Morgan fingerprint density at radius 2 is 1.88 bits per heavy atom. The van der Waals surface area contributed by atoms with Gasteiger partial charge in [0.05, 0.1) is 21.1 Å². The normalized spacial score (nSPS) is 15.9. The highest BCUT2D eigenvalue weighted by Crippen LogP contribution is 2.37. The van der Waals surface area contributed by atoms with E-state index >= 15 is 0 Å². The summed E-state index contributed by atoms with van der Waals surface area (Å²) in [6, 6.07) is 13.9. The average Bonchev–Trinajstić information content (AvgIpc) is 2.89. The number of hydrogen-bond acceptors (Lipinski definition) is 5. The van der Waals surface area contributed by atoms with Gasteiger partial charge in [-0.25, -0.2) is 0 Å². The Morgan fingerprint density at radius 1 is 1.20 bits per heavy atom. The van der Waals surface area contributed by atoms with Crippen LogP contribution in [-0.2, 0) is 11.2 Å². The molecule has 0 saturated carbocycles. The summed E-state index contributed by atoms with van der Waals surface area (Å²) in [6.07, 6.45) is 2.44. The first-order chi connectivity index (χ1) is 12.0. The second kappa shape index (κ2) is 7.16. The Labute approximate surface area is 154 Å². The molecule has 3 rings (SSSR count). The van der Waals surface area contributed by atoms with E-state index in [1.165, 1.54) is 22.6 Å². The first kappa shape index (κ1) is 17.3. The summed E-state index contributed by atoms with van der Waals surface area (Å²) in [5, 5.41) is 11.1. The number of hydrogen-bond donors (Lipinski definition) is 0. The van der Waals surface area contributed by atoms with Crippen molar-refractivity contribution in [2.75, 3.05) is 4.90 Å². The average molecular weight is 370 g/mol. The molecule has 1 saturated heterocycles. The molecule has 126 valence electrons. The molecule has 1 aliphatic rings. The molecule has 7 heteroatoms. The van der Waals surface area contributed by atoms with Gasteiger partial charge in [0.15, 0.2) is 4.32 Å². The van der Waals surface area contributed by atoms with Crippen molar-refractivity contribution in [2.45, 2.75) is 13.3 Å². The topological polar surface area (TPSA) is 63.5 Å². The predicted octanol–water partition coefficient (Wildman–Crippen LogP) is 4.56. The van der Waals surface area contributed by atoms with Crippen LogP contribution in [0.15, 0.2) is 53.4 Å². The zero-order valence-electron chi connectivity index (χ0n) is 13.3. The highest BCUT2D eigenvalue weighted by atomic mass is 32.2. The van der Waals surface area contributed by atoms with Crippen LogP contribution in [0.1, 0.15) is 18.1 Å². The molecule has 1 fully saturated rings. The number of carbonyl (C=O) groups is 1. The fourth-order valence-corrected chi connectivity index (χ4v) is 3.78. The van der Waals surface area contributed by atoms with Crippen LogP contribution < -0.4 is 4.90 Å². The maximum Gasteiger partial charge on any atom is 0.276 e. The van der Waals surface area contributed by atoms with Crippen molar-refractivity contribution in [3.05, 3.63) is 74.7 Å². The number of anilines is 1. The number of benzene rings is 2. The Hall–Kier alpha value is -2.51. The van der Waals surface area contributed by atoms with Gasteiger partial charge in [0, 0.05) is 6.07 Å². The van der Waals surface area contributed by atoms with Gasteiger partial charge in [0.1, 0.15) is 0 Å². The molecule has 0 aliphatic carbocycles. The third-order valence-corrected chi connectivity index (χ3v) is 5.12. The minimum atomic E-state index is -0.462. The van der Waals surface area contributed by atoms with E-state index in [0.29, 0.717) is 20.5 Å². The van der Waals surface area contributed by atoms with Crippen molar-refractivity contribution in [3.63, 3.8) is 0 Å². The Morgan fingerprint density at radius 3 is 2.52 bits per heavy atom. The second-order valence-electron chi connectivity index (χ2n) is 5.35. The molecule has 2 aromatic rings. The summed E-state index contributed by atoms with van der Waals surface area (Å²) in [7, 11) is 0. The van der Waals surface area contributed by atoms with E-state index in [1.807, 2.05) is 24.3 Å². The van der Waals surface area contributed by atoms with Gasteiger partial charge < -0.3 is 0 Å². The summed E-state index contributed by atoms with van der Waals surface area (Å²) in [6.45, 7) is 2.06. The van der Waals surface area contributed by atoms with E-state index in [1.54, 1.807) is 18.2 Å². The number of amides is 1. The molecule has 1 heterocycles. The third kappa shape index (κ3) is 3.47. The van der Waals surface area contributed by atoms with Crippen molar-refractivity contribution >= 4 is 51.7 Å². The lowest BCUT2D eigenvalue weighted by molar-refractivity contribution is -0.385. The van der Waals surface area contributed by atoms with Crippen molar-refractivity contribution < 1.29 is 9.72 Å². The fraction of sp³-hybridized carbons (Fsp3) is 0.111. The highest BCUT2D eigenvalue weighted by molar-refractivity contribution is 8.27. The van der Waals surface area contributed by atoms with Gasteiger partial charge in [-0.05, 0) is 36.3 Å². The molecular formula is C18H14N2O3S2. The van der Waals surface area contributed by atoms with E-state index in [-0.39, 0.29) is 11.6 Å². The van der Waals surface area contributed by atoms with Gasteiger partial charge in [-0.3, -0.25) is 19.8 Å². The maximum atomic E-state index is 12.7. The van der Waals surface area contributed by atoms with Gasteiger partial charge in [0.25, 0.3) is 11.6 Å². The van der Waals surface area contributed by atoms with Gasteiger partial charge in [0.2, 0.25) is 0 Å². The van der Waals surface area contributed by atoms with Gasteiger partial charge in [-0.2, -0.15) is 0 Å². The number of thioether (sulfide) groups is 1. The third-order valence-electron chi connectivity index (χ3n) is 3.82. The van der Waals surface area contributed by atoms with Crippen molar-refractivity contribution in [1.29, 1.82) is 0 Å². The predicted molar refractivity (Wildman–Crippen MR) is 105 cm³/mol. The molecule has 2 aromatic carbocycles. The number of nitro benzene ring substituents is 1. The molecule has 0 unspecified atom stereocenters. The molecule has 0 aromatic heterocycles. The lowest BCUT2D eigenvalue weighted by Gasteiger charge is -2.14. The molecular weight excluding hydrogens is 356 g/mol. The van der Waals surface area contributed by atoms with Crippen molar-refractivity contribution in [1.82, 2.24) is 0 Å². The first-order valence-corrected chi connectivity index (χ1v) is 8.84. The summed E-state index contributed by atoms with van der Waals surface area (Å²) >= 11 is 6.48. The van der Waals surface area contributed by atoms with Crippen LogP contribution in [0.25, 0.3) is 6.08 Å². The molecule has 1 aliphatic heterocycles. The summed E-state index contributed by atoms with van der Waals surface area (Å²) in [4.78, 5) is 25.2. The number of para-hydroxylation sites is 1. The van der Waals surface area contributed by atoms with E-state index < -0.39 is 4.92 Å². The summed E-state index contributed by atoms with van der Waals surface area (Å²) in [5.74, 6) is -0.266. The molecule has 5 nitrogen and oxygen atoms in total. The zero-order chi connectivity index (χ0) is 18.0. The number of carbonyl (C=O) groups excluding carboxylic acids is 1. The lowest BCUT2D eigenvalue weighted by atomic mass is 10.1. The molecule has 25 heavy (non-hydrogen) atoms. The number of thiocarbonyl (C=S) groups is 1. The Kier molecular flexibility index (Phi) is 4.96. The van der Waals surface area contributed by atoms with E-state index in [2.05, 4.69) is 6.92 Å². The summed E-state index contributed by atoms with van der Waals surface area (Å²) in [5.41, 5.74) is 2.21. The SMILES string of the molecule is CCc1ccc(N2C(=O)/C(=C/c3ccccc3[N+](=O)[O-])SC2=S)cc1. The van der Waals surface area contributed by atoms with E-state index in [4.69, 9.17) is 12.2 Å². The Bertz CT molecular complexity index is 891. The largest absolute Gasteiger partial charge is 0.276 e. The first-order valence-electron chi connectivity index (χ1n) is 7.61. The Balaban J connectivity index is 1.94. The lowest BCUT2D eigenvalue weighted by Crippen LogP contribution is -2.27. The fourth-order valence-electron chi connectivity index (χ4n) is 2.49. The van der Waals surface area contributed by atoms with Gasteiger partial charge in [-0.1, -0.05) is 55.2 Å². The maximum absolute atomic E-state index is 12.7. The molecule has 0 atom stereocenters. The van der Waals surface area contributed by atoms with Crippen LogP contribution in [0, 0.1) is 10.1 Å². The molecule has 0 spiro atoms. The zero-order valence-corrected chi connectivity index (χ0v) is 15.0. The van der Waals surface area contributed by atoms with Crippen LogP contribution >= 0.6 is 24.0 Å². The second-order valence-corrected chi connectivity index (χ2v) is 7.03. The van der Waals surface area contributed by atoms with Gasteiger partial charge in [-0.15, -0.1) is 0 Å². The van der Waals surface area contributed by atoms with Crippen molar-refractivity contribution in [2.24, 2.45) is 0 Å². The van der Waals surface area contributed by atoms with Crippen LogP contribution in [-0.4, -0.2) is 15.2 Å². The number of nitrogens with zero attached hydrogens (tertiary/aromatic N) is 2. The quantitative estimate of drug-likeness (QED) is 0.342. The standard InChI is InChI=1S/C18H14N2O3S2/c1-2-12-7-9-14(10-8-12)19-17(21)16(25-18(19)24)11-13-5-3-4-6-15(13)20(22)23/h3-11H,2H2,1H3/b16-11-. The van der Waals surface area contributed by atoms with Crippen LogP contribution in [0.4, 0.5) is 11.4 Å². The number of aryl methyl sites for hydroxylation is 1. The smallest absolute Gasteiger partial charge is 0.268 e. The van der Waals surface area contributed by atoms with Crippen LogP contribution in [0.5, 0.6) is 0 Å². The number of nitro groups is 1. The van der Waals surface area contributed by atoms with Crippen LogP contribution in [0.3, 0.4) is 0 Å². The molecule has 0 radical (unpaired) electrons. The van der Waals surface area contributed by atoms with Crippen LogP contribution in [0.2, 0.25) is 0 Å².